The number of alkyl halides is 1. The van der Waals surface area contributed by atoms with Crippen LogP contribution >= 0.6 is 21.2 Å². The monoisotopic (exact) mass is 636 g/mol. The molecular formula is C28H37IN4O5. The van der Waals surface area contributed by atoms with Crippen molar-refractivity contribution in [3.05, 3.63) is 59.4 Å². The highest BCUT2D eigenvalue weighted by Gasteiger charge is 2.39. The van der Waals surface area contributed by atoms with Crippen LogP contribution in [0.25, 0.3) is 5.76 Å². The van der Waals surface area contributed by atoms with E-state index in [0.29, 0.717) is 25.1 Å². The van der Waals surface area contributed by atoms with Crippen molar-refractivity contribution < 1.29 is 22.2 Å². The molecule has 2 amide bonds. The van der Waals surface area contributed by atoms with Crippen LogP contribution < -0.4 is 10.6 Å². The van der Waals surface area contributed by atoms with Crippen LogP contribution in [0, 0.1) is 5.92 Å². The third-order valence-corrected chi connectivity index (χ3v) is 8.21. The number of aldehydes is 1. The minimum absolute atomic E-state index is 0.118. The summed E-state index contributed by atoms with van der Waals surface area (Å²) in [5, 5.41) is 5.88. The van der Waals surface area contributed by atoms with Gasteiger partial charge < -0.3 is 30.0 Å². The summed E-state index contributed by atoms with van der Waals surface area (Å²) in [5.41, 5.74) is 3.34. The number of ether oxygens (including phenoxy) is 1. The van der Waals surface area contributed by atoms with Crippen molar-refractivity contribution in [2.75, 3.05) is 26.0 Å². The first-order valence-corrected chi connectivity index (χ1v) is 14.9. The van der Waals surface area contributed by atoms with Gasteiger partial charge in [-0.25, -0.2) is 0 Å². The van der Waals surface area contributed by atoms with Crippen LogP contribution in [-0.4, -0.2) is 64.7 Å². The van der Waals surface area contributed by atoms with Crippen molar-refractivity contribution in [3.63, 3.8) is 0 Å². The average Bonchev–Trinajstić information content (AvgIpc) is 3.57. The summed E-state index contributed by atoms with van der Waals surface area (Å²) in [4.78, 5) is 42.2. The van der Waals surface area contributed by atoms with E-state index in [1.54, 1.807) is 13.2 Å². The molecule has 0 bridgehead atoms. The number of rotatable bonds is 9. The second-order valence-corrected chi connectivity index (χ2v) is 12.0. The Morgan fingerprint density at radius 1 is 1.26 bits per heavy atom. The van der Waals surface area contributed by atoms with E-state index in [0.717, 1.165) is 41.8 Å². The fourth-order valence-corrected chi connectivity index (χ4v) is 5.99. The number of nitrogens with zero attached hydrogens (tertiary/aromatic N) is 1. The van der Waals surface area contributed by atoms with Crippen LogP contribution in [0.15, 0.2) is 42.5 Å². The average molecular weight is 637 g/mol. The lowest BCUT2D eigenvalue weighted by molar-refractivity contribution is -0.136. The molecule has 1 aliphatic heterocycles. The highest BCUT2D eigenvalue weighted by molar-refractivity contribution is 14.1. The van der Waals surface area contributed by atoms with Gasteiger partial charge in [-0.15, -0.1) is 0 Å². The predicted molar refractivity (Wildman–Crippen MR) is 155 cm³/mol. The van der Waals surface area contributed by atoms with Gasteiger partial charge >= 0.3 is 0 Å². The largest absolute Gasteiger partial charge is 0.496 e. The number of allylic oxidation sites excluding steroid dienone is 1. The van der Waals surface area contributed by atoms with Gasteiger partial charge in [0.05, 0.1) is 17.1 Å². The van der Waals surface area contributed by atoms with Crippen molar-refractivity contribution in [2.45, 2.75) is 55.5 Å². The number of hydrogen-bond acceptors (Lipinski definition) is 6. The number of anilines is 1. The van der Waals surface area contributed by atoms with Gasteiger partial charge in [0.25, 0.3) is 5.91 Å². The summed E-state index contributed by atoms with van der Waals surface area (Å²) in [5.74, 6) is 0.245. The molecule has 1 saturated heterocycles. The second-order valence-electron chi connectivity index (χ2n) is 9.77. The second kappa shape index (κ2) is 14.2. The van der Waals surface area contributed by atoms with Gasteiger partial charge in [0.15, 0.2) is 0 Å². The van der Waals surface area contributed by atoms with Crippen molar-refractivity contribution in [1.82, 2.24) is 15.2 Å². The number of hydrogen-bond donors (Lipinski definition) is 3. The van der Waals surface area contributed by atoms with Crippen LogP contribution in [0.4, 0.5) is 5.69 Å². The quantitative estimate of drug-likeness (QED) is 0.215. The fraction of sp³-hybridized carbons (Fsp3) is 0.464. The number of H-pyrrole nitrogens is 1. The number of aromatic nitrogens is 1. The molecule has 3 unspecified atom stereocenters. The van der Waals surface area contributed by atoms with Crippen molar-refractivity contribution in [3.8, 4) is 0 Å². The van der Waals surface area contributed by atoms with E-state index in [2.05, 4.69) is 15.6 Å². The number of fused-ring (bicyclic) bond motifs is 1. The highest BCUT2D eigenvalue weighted by atomic mass is 127. The first-order valence-electron chi connectivity index (χ1n) is 12.8. The highest BCUT2D eigenvalue weighted by Crippen LogP contribution is 2.29. The molecule has 0 spiro atoms. The maximum Gasteiger partial charge on any atom is 0.268 e. The summed E-state index contributed by atoms with van der Waals surface area (Å²) in [6, 6.07) is 10.5. The van der Waals surface area contributed by atoms with Gasteiger partial charge in [-0.2, -0.15) is 0 Å². The Morgan fingerprint density at radius 3 is 2.58 bits per heavy atom. The molecule has 206 valence electrons. The number of benzene rings is 1. The molecule has 38 heavy (non-hydrogen) atoms. The standard InChI is InChI=1S/C21H28IN3O5.C7H9N/c1-12(2)7-18(21(28)25-10-13(22-29)8-14(25)11-26)24-20(27)17-9-15-16(23-17)5-4-6-19(15)30-3;1-8-7-5-3-2-4-6-7/h6,9,11-14,18,23H,4-5,7-8,10H2,1-3H3,(H,24,27);2-6,8H,1H3. The van der Waals surface area contributed by atoms with Crippen LogP contribution in [0.2, 0.25) is 0 Å². The molecule has 0 saturated carbocycles. The molecular weight excluding hydrogens is 599 g/mol. The molecule has 10 heteroatoms. The van der Waals surface area contributed by atoms with Crippen LogP contribution in [0.5, 0.6) is 0 Å². The Kier molecular flexibility index (Phi) is 11.1. The number of para-hydroxylation sites is 1. The van der Waals surface area contributed by atoms with E-state index in [4.69, 9.17) is 4.74 Å². The number of aryl methyl sites for hydroxylation is 1. The molecule has 1 fully saturated rings. The van der Waals surface area contributed by atoms with Gasteiger partial charge in [0, 0.05) is 30.5 Å². The fourth-order valence-electron chi connectivity index (χ4n) is 4.68. The Balaban J connectivity index is 0.000000427. The SMILES string of the molecule is CNc1ccccc1.COC1=CCCc2[nH]c(C(=O)NC(CC(C)C)C(=O)N3CC(I=O)CC3C=O)cc21. The van der Waals surface area contributed by atoms with Crippen LogP contribution in [0.3, 0.4) is 0 Å². The first-order chi connectivity index (χ1) is 18.3. The Hall–Kier alpha value is -3.02. The van der Waals surface area contributed by atoms with Gasteiger partial charge in [-0.3, -0.25) is 12.7 Å². The maximum atomic E-state index is 13.2. The van der Waals surface area contributed by atoms with E-state index in [9.17, 15) is 17.5 Å². The molecule has 2 aromatic rings. The number of nitrogens with one attached hydrogen (secondary N) is 3. The molecule has 4 rings (SSSR count). The summed E-state index contributed by atoms with van der Waals surface area (Å²) >= 11 is -1.29. The lowest BCUT2D eigenvalue weighted by Gasteiger charge is -2.27. The van der Waals surface area contributed by atoms with Gasteiger partial charge in [-0.1, -0.05) is 32.0 Å². The van der Waals surface area contributed by atoms with E-state index in [1.807, 2.05) is 57.3 Å². The summed E-state index contributed by atoms with van der Waals surface area (Å²) in [6.45, 7) is 4.26. The summed E-state index contributed by atoms with van der Waals surface area (Å²) in [7, 11) is 3.51. The zero-order chi connectivity index (χ0) is 27.7. The number of methoxy groups -OCH3 is 1. The van der Waals surface area contributed by atoms with E-state index in [1.165, 1.54) is 4.90 Å². The molecule has 3 N–H and O–H groups in total. The minimum Gasteiger partial charge on any atom is -0.496 e. The lowest BCUT2D eigenvalue weighted by Crippen LogP contribution is -2.51. The Morgan fingerprint density at radius 2 is 2.00 bits per heavy atom. The summed E-state index contributed by atoms with van der Waals surface area (Å²) in [6.07, 6.45) is 5.24. The topological polar surface area (TPSA) is 121 Å². The summed E-state index contributed by atoms with van der Waals surface area (Å²) < 4.78 is 16.7. The van der Waals surface area contributed by atoms with Crippen molar-refractivity contribution in [2.24, 2.45) is 5.92 Å². The maximum absolute atomic E-state index is 13.2. The van der Waals surface area contributed by atoms with Gasteiger partial charge in [-0.05, 0) is 55.9 Å². The van der Waals surface area contributed by atoms with Crippen molar-refractivity contribution in [1.29, 1.82) is 0 Å². The van der Waals surface area contributed by atoms with Crippen LogP contribution in [0.1, 0.15) is 54.9 Å². The number of carbonyl (C=O) groups is 3. The van der Waals surface area contributed by atoms with E-state index >= 15 is 0 Å². The molecule has 2 heterocycles. The number of amides is 2. The predicted octanol–water partition coefficient (Wildman–Crippen LogP) is 4.31. The Bertz CT molecular complexity index is 1150. The zero-order valence-corrected chi connectivity index (χ0v) is 24.5. The molecule has 1 aromatic carbocycles. The number of likely N-dealkylation sites (tertiary alicyclic amines) is 1. The van der Waals surface area contributed by atoms with E-state index < -0.39 is 33.3 Å². The Labute approximate surface area is 234 Å². The smallest absolute Gasteiger partial charge is 0.268 e. The zero-order valence-electron chi connectivity index (χ0n) is 22.3. The normalized spacial score (nSPS) is 19.0. The van der Waals surface area contributed by atoms with Crippen molar-refractivity contribution >= 4 is 50.7 Å². The molecule has 1 aliphatic carbocycles. The van der Waals surface area contributed by atoms with Crippen LogP contribution in [-0.2, 0) is 23.8 Å². The lowest BCUT2D eigenvalue weighted by atomic mass is 10.0. The molecule has 9 nitrogen and oxygen atoms in total. The molecule has 3 atom stereocenters. The molecule has 1 aromatic heterocycles. The minimum atomic E-state index is -1.29. The first kappa shape index (κ1) is 29.5. The third-order valence-electron chi connectivity index (χ3n) is 6.58. The number of halogens is 1. The molecule has 2 aliphatic rings. The number of carbonyl (C=O) groups excluding carboxylic acids is 3. The third kappa shape index (κ3) is 7.52. The van der Waals surface area contributed by atoms with E-state index in [-0.39, 0.29) is 21.7 Å². The number of aromatic amines is 1. The van der Waals surface area contributed by atoms with Gasteiger partial charge in [0.1, 0.15) is 45.0 Å². The van der Waals surface area contributed by atoms with Gasteiger partial charge in [0.2, 0.25) is 5.91 Å². The molecule has 0 radical (unpaired) electrons.